The third-order valence-electron chi connectivity index (χ3n) is 3.43. The first-order valence-corrected chi connectivity index (χ1v) is 6.43. The molecule has 3 rings (SSSR count). The van der Waals surface area contributed by atoms with Crippen LogP contribution in [0.5, 0.6) is 17.2 Å². The summed E-state index contributed by atoms with van der Waals surface area (Å²) in [6.45, 7) is 0.121. The molecule has 1 aliphatic heterocycles. The predicted octanol–water partition coefficient (Wildman–Crippen LogP) is 2.32. The van der Waals surface area contributed by atoms with Gasteiger partial charge in [-0.25, -0.2) is 0 Å². The predicted molar refractivity (Wildman–Crippen MR) is 75.0 cm³/mol. The highest BCUT2D eigenvalue weighted by atomic mass is 16.7. The lowest BCUT2D eigenvalue weighted by Gasteiger charge is -2.14. The Kier molecular flexibility index (Phi) is 3.50. The van der Waals surface area contributed by atoms with E-state index in [9.17, 15) is 9.90 Å². The van der Waals surface area contributed by atoms with Crippen molar-refractivity contribution in [1.29, 1.82) is 0 Å². The summed E-state index contributed by atoms with van der Waals surface area (Å²) in [5.41, 5.74) is 1.53. The normalized spacial score (nSPS) is 13.8. The maximum Gasteiger partial charge on any atom is 0.231 e. The van der Waals surface area contributed by atoms with Crippen molar-refractivity contribution in [3.8, 4) is 17.2 Å². The number of fused-ring (bicyclic) bond motifs is 1. The average molecular weight is 286 g/mol. The zero-order chi connectivity index (χ0) is 14.8. The van der Waals surface area contributed by atoms with E-state index in [4.69, 9.17) is 14.2 Å². The molecule has 5 nitrogen and oxygen atoms in total. The molecule has 0 bridgehead atoms. The van der Waals surface area contributed by atoms with Crippen molar-refractivity contribution in [3.05, 3.63) is 53.1 Å². The lowest BCUT2D eigenvalue weighted by molar-refractivity contribution is 0.111. The molecule has 108 valence electrons. The minimum atomic E-state index is -0.925. The van der Waals surface area contributed by atoms with Gasteiger partial charge in [-0.05, 0) is 35.4 Å². The zero-order valence-corrected chi connectivity index (χ0v) is 11.4. The van der Waals surface area contributed by atoms with Gasteiger partial charge in [-0.3, -0.25) is 4.79 Å². The highest BCUT2D eigenvalue weighted by molar-refractivity contribution is 5.80. The van der Waals surface area contributed by atoms with Crippen LogP contribution >= 0.6 is 0 Å². The highest BCUT2D eigenvalue weighted by Gasteiger charge is 2.21. The number of hydrogen-bond acceptors (Lipinski definition) is 5. The molecule has 5 heteroatoms. The molecular weight excluding hydrogens is 272 g/mol. The van der Waals surface area contributed by atoms with E-state index in [1.807, 2.05) is 0 Å². The van der Waals surface area contributed by atoms with Gasteiger partial charge in [-0.15, -0.1) is 0 Å². The molecular formula is C16H14O5. The smallest absolute Gasteiger partial charge is 0.231 e. The van der Waals surface area contributed by atoms with Gasteiger partial charge in [0.25, 0.3) is 0 Å². The van der Waals surface area contributed by atoms with Gasteiger partial charge < -0.3 is 19.3 Å². The van der Waals surface area contributed by atoms with E-state index in [0.717, 1.165) is 0 Å². The van der Waals surface area contributed by atoms with Crippen molar-refractivity contribution in [2.75, 3.05) is 13.9 Å². The standard InChI is InChI=1S/C16H14O5/c1-19-12-4-2-10(3-5-12)16(18)13-7-15-14(20-9-21-15)6-11(13)8-17/h2-8,16,18H,9H2,1H3. The Morgan fingerprint density at radius 3 is 2.48 bits per heavy atom. The maximum absolute atomic E-state index is 11.2. The number of benzene rings is 2. The van der Waals surface area contributed by atoms with Crippen LogP contribution in [-0.4, -0.2) is 25.3 Å². The molecule has 0 fully saturated rings. The second-order valence-corrected chi connectivity index (χ2v) is 4.63. The first kappa shape index (κ1) is 13.5. The summed E-state index contributed by atoms with van der Waals surface area (Å²) in [6.07, 6.45) is -0.227. The molecule has 1 atom stereocenters. The third kappa shape index (κ3) is 2.43. The van der Waals surface area contributed by atoms with E-state index in [0.29, 0.717) is 40.2 Å². The molecule has 0 radical (unpaired) electrons. The number of carbonyl (C=O) groups is 1. The summed E-state index contributed by atoms with van der Waals surface area (Å²) in [5.74, 6) is 1.75. The average Bonchev–Trinajstić information content (AvgIpc) is 3.00. The molecule has 2 aromatic carbocycles. The van der Waals surface area contributed by atoms with Crippen LogP contribution in [0.2, 0.25) is 0 Å². The number of aliphatic hydroxyl groups excluding tert-OH is 1. The Morgan fingerprint density at radius 1 is 1.19 bits per heavy atom. The summed E-state index contributed by atoms with van der Waals surface area (Å²) in [7, 11) is 1.58. The van der Waals surface area contributed by atoms with Crippen LogP contribution < -0.4 is 14.2 Å². The highest BCUT2D eigenvalue weighted by Crippen LogP contribution is 2.37. The van der Waals surface area contributed by atoms with Crippen LogP contribution in [0.15, 0.2) is 36.4 Å². The lowest BCUT2D eigenvalue weighted by atomic mass is 9.96. The topological polar surface area (TPSA) is 65.0 Å². The molecule has 0 aromatic heterocycles. The van der Waals surface area contributed by atoms with Gasteiger partial charge in [-0.1, -0.05) is 12.1 Å². The van der Waals surface area contributed by atoms with Crippen molar-refractivity contribution in [1.82, 2.24) is 0 Å². The molecule has 0 amide bonds. The maximum atomic E-state index is 11.2. The van der Waals surface area contributed by atoms with Crippen molar-refractivity contribution < 1.29 is 24.1 Å². The largest absolute Gasteiger partial charge is 0.497 e. The summed E-state index contributed by atoms with van der Waals surface area (Å²) in [4.78, 5) is 11.2. The lowest BCUT2D eigenvalue weighted by Crippen LogP contribution is -2.03. The molecule has 0 aliphatic carbocycles. The SMILES string of the molecule is COc1ccc(C(O)c2cc3c(cc2C=O)OCO3)cc1. The Bertz CT molecular complexity index is 663. The molecule has 0 saturated heterocycles. The number of methoxy groups -OCH3 is 1. The van der Waals surface area contributed by atoms with E-state index in [-0.39, 0.29) is 6.79 Å². The van der Waals surface area contributed by atoms with Gasteiger partial charge in [0, 0.05) is 5.56 Å². The Morgan fingerprint density at radius 2 is 1.86 bits per heavy atom. The fourth-order valence-corrected chi connectivity index (χ4v) is 2.28. The van der Waals surface area contributed by atoms with Crippen LogP contribution in [-0.2, 0) is 0 Å². The van der Waals surface area contributed by atoms with Gasteiger partial charge in [0.05, 0.1) is 7.11 Å². The fraction of sp³-hybridized carbons (Fsp3) is 0.188. The number of aliphatic hydroxyl groups is 1. The summed E-state index contributed by atoms with van der Waals surface area (Å²) in [5, 5.41) is 10.5. The van der Waals surface area contributed by atoms with Gasteiger partial charge >= 0.3 is 0 Å². The van der Waals surface area contributed by atoms with Gasteiger partial charge in [0.1, 0.15) is 11.9 Å². The fourth-order valence-electron chi connectivity index (χ4n) is 2.28. The van der Waals surface area contributed by atoms with E-state index in [1.54, 1.807) is 43.5 Å². The van der Waals surface area contributed by atoms with Crippen LogP contribution in [0.4, 0.5) is 0 Å². The van der Waals surface area contributed by atoms with Gasteiger partial charge in [0.2, 0.25) is 6.79 Å². The Balaban J connectivity index is 1.99. The Labute approximate surface area is 121 Å². The molecule has 2 aromatic rings. The van der Waals surface area contributed by atoms with Crippen LogP contribution in [0.3, 0.4) is 0 Å². The van der Waals surface area contributed by atoms with E-state index < -0.39 is 6.10 Å². The molecule has 1 unspecified atom stereocenters. The first-order valence-electron chi connectivity index (χ1n) is 6.43. The Hall–Kier alpha value is -2.53. The van der Waals surface area contributed by atoms with Crippen molar-refractivity contribution in [2.24, 2.45) is 0 Å². The van der Waals surface area contributed by atoms with Crippen LogP contribution in [0.1, 0.15) is 27.6 Å². The monoisotopic (exact) mass is 286 g/mol. The summed E-state index contributed by atoms with van der Waals surface area (Å²) in [6, 6.07) is 10.2. The number of ether oxygens (including phenoxy) is 3. The summed E-state index contributed by atoms with van der Waals surface area (Å²) >= 11 is 0. The van der Waals surface area contributed by atoms with Crippen molar-refractivity contribution in [2.45, 2.75) is 6.10 Å². The molecule has 1 N–H and O–H groups in total. The quantitative estimate of drug-likeness (QED) is 0.874. The molecule has 1 aliphatic rings. The van der Waals surface area contributed by atoms with Crippen molar-refractivity contribution in [3.63, 3.8) is 0 Å². The third-order valence-corrected chi connectivity index (χ3v) is 3.43. The molecule has 0 spiro atoms. The molecule has 21 heavy (non-hydrogen) atoms. The van der Waals surface area contributed by atoms with E-state index in [1.165, 1.54) is 0 Å². The van der Waals surface area contributed by atoms with Crippen molar-refractivity contribution >= 4 is 6.29 Å². The number of aldehydes is 1. The van der Waals surface area contributed by atoms with Crippen LogP contribution in [0, 0.1) is 0 Å². The second-order valence-electron chi connectivity index (χ2n) is 4.63. The molecule has 0 saturated carbocycles. The van der Waals surface area contributed by atoms with Gasteiger partial charge in [-0.2, -0.15) is 0 Å². The van der Waals surface area contributed by atoms with E-state index >= 15 is 0 Å². The van der Waals surface area contributed by atoms with Crippen LogP contribution in [0.25, 0.3) is 0 Å². The number of hydrogen-bond donors (Lipinski definition) is 1. The minimum Gasteiger partial charge on any atom is -0.497 e. The van der Waals surface area contributed by atoms with E-state index in [2.05, 4.69) is 0 Å². The number of carbonyl (C=O) groups excluding carboxylic acids is 1. The minimum absolute atomic E-state index is 0.121. The van der Waals surface area contributed by atoms with Gasteiger partial charge in [0.15, 0.2) is 17.8 Å². The first-order chi connectivity index (χ1) is 10.2. The summed E-state index contributed by atoms with van der Waals surface area (Å²) < 4.78 is 15.6. The number of rotatable bonds is 4. The zero-order valence-electron chi connectivity index (χ0n) is 11.4. The second kappa shape index (κ2) is 5.46. The molecule has 1 heterocycles.